The molecule has 0 aromatic carbocycles. The van der Waals surface area contributed by atoms with Crippen molar-refractivity contribution in [3.8, 4) is 0 Å². The number of carbonyl (C=O) groups is 8. The van der Waals surface area contributed by atoms with Crippen LogP contribution in [0, 0.1) is 79.8 Å². The van der Waals surface area contributed by atoms with Crippen LogP contribution in [-0.2, 0) is 641 Å². The van der Waals surface area contributed by atoms with Gasteiger partial charge in [0.15, 0.2) is 0 Å². The van der Waals surface area contributed by atoms with Gasteiger partial charge in [-0.1, -0.05) is 107 Å². The van der Waals surface area contributed by atoms with Gasteiger partial charge in [0.1, 0.15) is 0 Å². The molecule has 0 atom stereocenters. The van der Waals surface area contributed by atoms with Gasteiger partial charge in [-0.15, -0.1) is 0 Å². The molecule has 0 bridgehead atoms. The molecule has 0 unspecified atom stereocenters. The van der Waals surface area contributed by atoms with Crippen molar-refractivity contribution in [3.05, 3.63) is 79.8 Å². The van der Waals surface area contributed by atoms with Crippen LogP contribution < -0.4 is 238 Å². The first-order valence-corrected chi connectivity index (χ1v) is 29.7. The van der Waals surface area contributed by atoms with Crippen molar-refractivity contribution in [2.45, 2.75) is 158 Å². The average molecular weight is 6180 g/mol. The maximum absolute atomic E-state index is 9.43. The van der Waals surface area contributed by atoms with E-state index in [1.165, 1.54) is 203 Å². The number of hydrogen-bond acceptors (Lipinski definition) is 8. The van der Waals surface area contributed by atoms with Gasteiger partial charge in [0, 0.05) is 660 Å². The minimum Gasteiger partial charge on any atom is 0 e. The van der Waals surface area contributed by atoms with Crippen molar-refractivity contribution in [3.63, 3.8) is 0 Å². The van der Waals surface area contributed by atoms with Crippen LogP contribution in [0.2, 0.25) is 0 Å². The second-order valence-corrected chi connectivity index (χ2v) is 19.9. The fourth-order valence-electron chi connectivity index (χ4n) is 5.29. The summed E-state index contributed by atoms with van der Waals surface area (Å²) in [6.07, 6.45) is 28.1. The van der Waals surface area contributed by atoms with Gasteiger partial charge in [-0.3, -0.25) is 38.4 Å². The molecule has 0 fully saturated rings. The van der Waals surface area contributed by atoms with Crippen LogP contribution in [0.25, 0.3) is 0 Å². The standard InChI is InChI=1S/2C16H36N.8C3H7NO.12CO.14BrH.10Cd.13Pt/c2*1-5-9-13-17(14-10-6-2,15-11-7-3)16-12-8-4;8*1-4(2)3-5;12*1-2;;;;;;;;;;;;;;;;;;;;;;;;;;;;;;;;;;;;;/h2*5-16H2,1-4H3;8*3H,1-2H3;;;;;;;;;;;;;14*1H;;;;;;;;;;;;;;;;;;;;;;;/q2*+1;;;;;;;;;;;;;;;;;;;;;;;;;;;;;;;;;;;;;;;;;;;;;;;;;;;;;;;;;/p-14. The van der Waals surface area contributed by atoms with Crippen molar-refractivity contribution >= 4 is 51.3 Å². The zero-order valence-electron chi connectivity index (χ0n) is 80.7. The van der Waals surface area contributed by atoms with E-state index in [9.17, 15) is 38.4 Å². The van der Waals surface area contributed by atoms with Gasteiger partial charge in [-0.2, -0.15) is 0 Å². The number of hydrogen-bond donors (Lipinski definition) is 0. The molecular formula is C68H128Br14Cd10N10O20Pt13-12. The summed E-state index contributed by atoms with van der Waals surface area (Å²) in [5, 5.41) is 0. The molecule has 0 aliphatic rings. The first-order chi connectivity index (χ1) is 46.6. The number of carbonyl (C=O) groups excluding carboxylic acids is 8. The van der Waals surface area contributed by atoms with E-state index in [4.69, 9.17) is 55.8 Å². The summed E-state index contributed by atoms with van der Waals surface area (Å²) in [6.45, 7) is 84.0. The Hall–Kier alpha value is 17.4. The number of quaternary nitrogens is 2. The maximum atomic E-state index is 9.43. The van der Waals surface area contributed by atoms with Gasteiger partial charge in [-0.25, -0.2) is 0 Å². The first kappa shape index (κ1) is 400. The fourth-order valence-corrected chi connectivity index (χ4v) is 5.29. The van der Waals surface area contributed by atoms with E-state index in [1.54, 1.807) is 113 Å². The molecule has 0 heterocycles. The Balaban J connectivity index is -0.00000000810. The molecule has 0 saturated heterocycles. The molecule has 0 aromatic heterocycles. The second kappa shape index (κ2) is 469. The van der Waals surface area contributed by atoms with Crippen LogP contribution in [0.15, 0.2) is 0 Å². The summed E-state index contributed by atoms with van der Waals surface area (Å²) >= 11 is 0. The normalized spacial score (nSPS) is 5.21. The maximum Gasteiger partial charge on any atom is 0 e. The van der Waals surface area contributed by atoms with Crippen molar-refractivity contribution in [1.82, 2.24) is 39.2 Å². The molecule has 0 aliphatic carbocycles. The van der Waals surface area contributed by atoms with Crippen LogP contribution >= 0.6 is 0 Å². The zero-order valence-corrected chi connectivity index (χ0v) is 173. The second-order valence-electron chi connectivity index (χ2n) is 19.9. The molecule has 0 radical (unpaired) electrons. The summed E-state index contributed by atoms with van der Waals surface area (Å²) in [4.78, 5) is 87.0. The quantitative estimate of drug-likeness (QED) is 0.0204. The smallest absolute Gasteiger partial charge is 0 e. The van der Waals surface area contributed by atoms with Gasteiger partial charge in [0.25, 0.3) is 0 Å². The Kier molecular flexibility index (Phi) is 1390. The van der Waals surface area contributed by atoms with E-state index in [0.29, 0.717) is 0 Å². The van der Waals surface area contributed by atoms with Crippen molar-refractivity contribution < 1.29 is 888 Å². The van der Waals surface area contributed by atoms with Crippen molar-refractivity contribution in [2.75, 3.05) is 165 Å². The fraction of sp³-hybridized carbons (Fsp3) is 0.706. The monoisotopic (exact) mass is 6180 g/mol. The van der Waals surface area contributed by atoms with E-state index >= 15 is 0 Å². The van der Waals surface area contributed by atoms with E-state index in [2.05, 4.69) is 135 Å². The molecule has 67 heteroatoms. The predicted octanol–water partition coefficient (Wildman–Crippen LogP) is -34.8. The van der Waals surface area contributed by atoms with Gasteiger partial charge < -0.3 is 286 Å². The molecule has 0 aliphatic heterocycles. The largest absolute Gasteiger partial charge is 0 e. The molecular weight excluding hydrogens is 6060 g/mol. The third-order valence-electron chi connectivity index (χ3n) is 9.57. The molecule has 830 valence electrons. The van der Waals surface area contributed by atoms with E-state index in [-0.39, 0.29) is 785 Å². The van der Waals surface area contributed by atoms with E-state index in [1.807, 2.05) is 0 Å². The molecule has 0 N–H and O–H groups in total. The minimum atomic E-state index is 0. The van der Waals surface area contributed by atoms with Gasteiger partial charge in [-0.05, 0) is 51.4 Å². The molecule has 135 heavy (non-hydrogen) atoms. The van der Waals surface area contributed by atoms with E-state index < -0.39 is 0 Å². The average Bonchev–Trinajstić information content (AvgIpc) is 0.883. The predicted molar refractivity (Wildman–Crippen MR) is 364 cm³/mol. The minimum absolute atomic E-state index is 0. The zero-order chi connectivity index (χ0) is 84.2. The summed E-state index contributed by atoms with van der Waals surface area (Å²) in [5.74, 6) is 0. The van der Waals surface area contributed by atoms with Gasteiger partial charge in [0.05, 0.1) is 52.4 Å². The topological polar surface area (TPSA) is 401 Å². The van der Waals surface area contributed by atoms with Crippen LogP contribution in [0.4, 0.5) is 0 Å². The van der Waals surface area contributed by atoms with Crippen LogP contribution in [0.3, 0.4) is 0 Å². The Morgan fingerprint density at radius 3 is 0.215 bits per heavy atom. The van der Waals surface area contributed by atoms with Crippen LogP contribution in [0.5, 0.6) is 0 Å². The summed E-state index contributed by atoms with van der Waals surface area (Å²) < 4.78 is 92.8. The number of nitrogens with zero attached hydrogens (tertiary/aromatic N) is 10. The number of amides is 8. The molecule has 0 saturated carbocycles. The molecule has 0 rings (SSSR count). The molecule has 8 amide bonds. The van der Waals surface area contributed by atoms with Crippen molar-refractivity contribution in [1.29, 1.82) is 0 Å². The van der Waals surface area contributed by atoms with Gasteiger partial charge >= 0.3 is 136 Å². The molecule has 0 aromatic rings. The van der Waals surface area contributed by atoms with Gasteiger partial charge in [0.2, 0.25) is 51.3 Å². The SMILES string of the molecule is CCCC[N+](CCCC)(CCCC)CCCC.CCCC[N+](CCCC)(CCCC)CCCC.CN(C)C=O.CN(C)C=O.CN(C)C=O.CN(C)C=O.CN(C)C=O.CN(C)C=O.CN(C)C=O.CN(C)C=O.[Br-].[Br-].[Br-].[Br-].[Br-].[Br-].[Br-].[Br-].[Br-].[Br-].[Br-].[Br-].[Br-].[Br-].[C-]#[O+].[C-]#[O+].[C-]#[O+].[C-]#[O+].[C-]#[O+].[C-]#[O+].[C-]#[O+].[C-]#[O+].[C-]#[O+].[C-]#[O+].[C-]#[O+].[C-]#[O+].[Cd].[Cd].[Cd].[Cd].[Cd].[Cd].[Cd].[Cd].[Cd].[Cd].[Pt].[Pt].[Pt].[Pt].[Pt].[Pt].[Pt].[Pt].[Pt].[Pt].[Pt].[Pt].[Pt]. The Bertz CT molecular complexity index is 1470. The molecule has 0 spiro atoms. The summed E-state index contributed by atoms with van der Waals surface area (Å²) in [7, 11) is 27.0. The first-order valence-electron chi connectivity index (χ1n) is 29.7. The molecule has 30 nitrogen and oxygen atoms in total. The van der Waals surface area contributed by atoms with E-state index in [0.717, 1.165) is 51.3 Å². The number of rotatable bonds is 32. The van der Waals surface area contributed by atoms with Crippen molar-refractivity contribution in [2.24, 2.45) is 0 Å². The van der Waals surface area contributed by atoms with Crippen LogP contribution in [0.1, 0.15) is 158 Å². The third kappa shape index (κ3) is 627. The number of halogens is 14. The summed E-state index contributed by atoms with van der Waals surface area (Å²) in [5.41, 5.74) is 0. The van der Waals surface area contributed by atoms with Crippen LogP contribution in [-0.4, -0.2) is 265 Å². The summed E-state index contributed by atoms with van der Waals surface area (Å²) in [6, 6.07) is 0. The Labute approximate surface area is 1350 Å². The third-order valence-corrected chi connectivity index (χ3v) is 9.57. The Morgan fingerprint density at radius 2 is 0.193 bits per heavy atom. The Morgan fingerprint density at radius 1 is 0.156 bits per heavy atom. The number of unbranched alkanes of at least 4 members (excludes halogenated alkanes) is 8.